The van der Waals surface area contributed by atoms with E-state index in [1.165, 1.54) is 7.11 Å². The summed E-state index contributed by atoms with van der Waals surface area (Å²) in [5, 5.41) is 0. The van der Waals surface area contributed by atoms with Gasteiger partial charge in [0, 0.05) is 0 Å². The Morgan fingerprint density at radius 1 is 1.12 bits per heavy atom. The van der Waals surface area contributed by atoms with Crippen molar-refractivity contribution in [3.8, 4) is 0 Å². The highest BCUT2D eigenvalue weighted by atomic mass is 16.5. The largest absolute Gasteiger partial charge is 0.469 e. The molecule has 0 aliphatic carbocycles. The van der Waals surface area contributed by atoms with Crippen molar-refractivity contribution in [1.82, 2.24) is 0 Å². The van der Waals surface area contributed by atoms with Crippen molar-refractivity contribution in [1.29, 1.82) is 0 Å². The van der Waals surface area contributed by atoms with Crippen molar-refractivity contribution in [2.45, 2.75) is 33.0 Å². The highest BCUT2D eigenvalue weighted by Crippen LogP contribution is 2.28. The van der Waals surface area contributed by atoms with Crippen LogP contribution in [0.2, 0.25) is 0 Å². The molecule has 0 aliphatic heterocycles. The minimum atomic E-state index is -0.315. The molecular weight excluding hydrogens is 216 g/mol. The fourth-order valence-corrected chi connectivity index (χ4v) is 1.73. The van der Waals surface area contributed by atoms with Crippen molar-refractivity contribution in [3.63, 3.8) is 0 Å². The lowest BCUT2D eigenvalue weighted by Gasteiger charge is -2.25. The summed E-state index contributed by atoms with van der Waals surface area (Å²) in [6.45, 7) is 5.74. The molecule has 0 saturated carbocycles. The quantitative estimate of drug-likeness (QED) is 0.737. The SMILES string of the molecule is COC(=O)[C@@H](C)[C@@H](OC(C)C)c1ccccc1. The molecule has 0 spiro atoms. The first-order valence-electron chi connectivity index (χ1n) is 5.84. The number of carbonyl (C=O) groups is 1. The molecule has 0 aliphatic rings. The lowest BCUT2D eigenvalue weighted by atomic mass is 9.97. The van der Waals surface area contributed by atoms with Crippen LogP contribution in [0.4, 0.5) is 0 Å². The van der Waals surface area contributed by atoms with Gasteiger partial charge in [0.1, 0.15) is 0 Å². The molecule has 1 rings (SSSR count). The molecule has 94 valence electrons. The summed E-state index contributed by atoms with van der Waals surface area (Å²) >= 11 is 0. The van der Waals surface area contributed by atoms with Gasteiger partial charge in [-0.05, 0) is 26.3 Å². The van der Waals surface area contributed by atoms with E-state index in [2.05, 4.69) is 0 Å². The molecule has 0 bridgehead atoms. The van der Waals surface area contributed by atoms with Gasteiger partial charge >= 0.3 is 5.97 Å². The third-order valence-electron chi connectivity index (χ3n) is 2.57. The van der Waals surface area contributed by atoms with Crippen LogP contribution in [0.3, 0.4) is 0 Å². The Hall–Kier alpha value is -1.35. The summed E-state index contributed by atoms with van der Waals surface area (Å²) in [6.07, 6.45) is -0.198. The fraction of sp³-hybridized carbons (Fsp3) is 0.500. The number of benzene rings is 1. The number of ether oxygens (including phenoxy) is 2. The molecule has 1 aromatic rings. The number of hydrogen-bond donors (Lipinski definition) is 0. The molecule has 0 saturated heterocycles. The van der Waals surface area contributed by atoms with E-state index in [-0.39, 0.29) is 24.1 Å². The average molecular weight is 236 g/mol. The van der Waals surface area contributed by atoms with Gasteiger partial charge in [-0.15, -0.1) is 0 Å². The molecule has 0 aromatic heterocycles. The zero-order chi connectivity index (χ0) is 12.8. The van der Waals surface area contributed by atoms with Crippen molar-refractivity contribution in [2.75, 3.05) is 7.11 Å². The molecule has 0 amide bonds. The third kappa shape index (κ3) is 3.86. The smallest absolute Gasteiger partial charge is 0.311 e. The van der Waals surface area contributed by atoms with Crippen LogP contribution >= 0.6 is 0 Å². The molecule has 2 atom stereocenters. The molecule has 3 heteroatoms. The minimum Gasteiger partial charge on any atom is -0.469 e. The van der Waals surface area contributed by atoms with Gasteiger partial charge < -0.3 is 9.47 Å². The molecule has 3 nitrogen and oxygen atoms in total. The van der Waals surface area contributed by atoms with Gasteiger partial charge in [-0.25, -0.2) is 0 Å². The van der Waals surface area contributed by atoms with E-state index in [0.717, 1.165) is 5.56 Å². The maximum atomic E-state index is 11.6. The number of esters is 1. The van der Waals surface area contributed by atoms with Crippen molar-refractivity contribution < 1.29 is 14.3 Å². The van der Waals surface area contributed by atoms with Crippen LogP contribution in [0.15, 0.2) is 30.3 Å². The summed E-state index contributed by atoms with van der Waals surface area (Å²) in [7, 11) is 1.40. The number of hydrogen-bond acceptors (Lipinski definition) is 3. The van der Waals surface area contributed by atoms with Crippen LogP contribution in [0.1, 0.15) is 32.4 Å². The first kappa shape index (κ1) is 13.7. The second-order valence-electron chi connectivity index (χ2n) is 4.33. The Morgan fingerprint density at radius 3 is 2.18 bits per heavy atom. The monoisotopic (exact) mass is 236 g/mol. The normalized spacial score (nSPS) is 14.4. The second-order valence-corrected chi connectivity index (χ2v) is 4.33. The number of rotatable bonds is 5. The number of carbonyl (C=O) groups excluding carboxylic acids is 1. The lowest BCUT2D eigenvalue weighted by Crippen LogP contribution is -2.25. The van der Waals surface area contributed by atoms with E-state index in [9.17, 15) is 4.79 Å². The highest BCUT2D eigenvalue weighted by Gasteiger charge is 2.27. The van der Waals surface area contributed by atoms with E-state index in [0.29, 0.717) is 0 Å². The average Bonchev–Trinajstić information content (AvgIpc) is 2.35. The highest BCUT2D eigenvalue weighted by molar-refractivity contribution is 5.72. The first-order valence-corrected chi connectivity index (χ1v) is 5.84. The maximum absolute atomic E-state index is 11.6. The van der Waals surface area contributed by atoms with Crippen LogP contribution in [-0.2, 0) is 14.3 Å². The van der Waals surface area contributed by atoms with Gasteiger partial charge in [0.05, 0.1) is 25.2 Å². The zero-order valence-corrected chi connectivity index (χ0v) is 10.8. The van der Waals surface area contributed by atoms with E-state index in [1.54, 1.807) is 0 Å². The molecule has 0 radical (unpaired) electrons. The predicted molar refractivity (Wildman–Crippen MR) is 66.6 cm³/mol. The van der Waals surface area contributed by atoms with Crippen LogP contribution in [-0.4, -0.2) is 19.2 Å². The zero-order valence-electron chi connectivity index (χ0n) is 10.8. The van der Waals surface area contributed by atoms with E-state index >= 15 is 0 Å². The van der Waals surface area contributed by atoms with Gasteiger partial charge in [-0.2, -0.15) is 0 Å². The van der Waals surface area contributed by atoms with Crippen LogP contribution in [0, 0.1) is 5.92 Å². The van der Waals surface area contributed by atoms with Gasteiger partial charge in [0.15, 0.2) is 0 Å². The third-order valence-corrected chi connectivity index (χ3v) is 2.57. The molecule has 0 fully saturated rings. The first-order chi connectivity index (χ1) is 8.06. The maximum Gasteiger partial charge on any atom is 0.311 e. The lowest BCUT2D eigenvalue weighted by molar-refractivity contribution is -0.152. The van der Waals surface area contributed by atoms with Crippen LogP contribution < -0.4 is 0 Å². The van der Waals surface area contributed by atoms with Gasteiger partial charge in [0.2, 0.25) is 0 Å². The van der Waals surface area contributed by atoms with Gasteiger partial charge in [0.25, 0.3) is 0 Å². The molecule has 0 N–H and O–H groups in total. The summed E-state index contributed by atoms with van der Waals surface area (Å²) in [5.41, 5.74) is 0.999. The van der Waals surface area contributed by atoms with E-state index in [4.69, 9.17) is 9.47 Å². The van der Waals surface area contributed by atoms with Gasteiger partial charge in [-0.1, -0.05) is 30.3 Å². The number of methoxy groups -OCH3 is 1. The topological polar surface area (TPSA) is 35.5 Å². The van der Waals surface area contributed by atoms with E-state index < -0.39 is 0 Å². The molecule has 0 heterocycles. The summed E-state index contributed by atoms with van der Waals surface area (Å²) in [6, 6.07) is 9.75. The standard InChI is InChI=1S/C14H20O3/c1-10(2)17-13(11(3)14(15)16-4)12-8-6-5-7-9-12/h5-11,13H,1-4H3/t11-,13+/m0/s1. The minimum absolute atomic E-state index is 0.0623. The predicted octanol–water partition coefficient (Wildman–Crippen LogP) is 2.96. The molecule has 0 unspecified atom stereocenters. The Bertz CT molecular complexity index is 346. The Morgan fingerprint density at radius 2 is 1.71 bits per heavy atom. The van der Waals surface area contributed by atoms with Crippen LogP contribution in [0.5, 0.6) is 0 Å². The van der Waals surface area contributed by atoms with Crippen molar-refractivity contribution in [3.05, 3.63) is 35.9 Å². The van der Waals surface area contributed by atoms with E-state index in [1.807, 2.05) is 51.1 Å². The molecule has 1 aromatic carbocycles. The fourth-order valence-electron chi connectivity index (χ4n) is 1.73. The Balaban J connectivity index is 2.92. The van der Waals surface area contributed by atoms with Crippen molar-refractivity contribution in [2.24, 2.45) is 5.92 Å². The summed E-state index contributed by atoms with van der Waals surface area (Å²) < 4.78 is 10.6. The van der Waals surface area contributed by atoms with Gasteiger partial charge in [-0.3, -0.25) is 4.79 Å². The van der Waals surface area contributed by atoms with Crippen molar-refractivity contribution >= 4 is 5.97 Å². The molecule has 17 heavy (non-hydrogen) atoms. The Labute approximate surface area is 103 Å². The summed E-state index contributed by atoms with van der Waals surface area (Å²) in [4.78, 5) is 11.6. The summed E-state index contributed by atoms with van der Waals surface area (Å²) in [5.74, 6) is -0.565. The molecular formula is C14H20O3. The van der Waals surface area contributed by atoms with Crippen LogP contribution in [0.25, 0.3) is 0 Å². The second kappa shape index (κ2) is 6.40. The Kier molecular flexibility index (Phi) is 5.16.